The lowest BCUT2D eigenvalue weighted by Crippen LogP contribution is -2.49. The van der Waals surface area contributed by atoms with Gasteiger partial charge in [0.1, 0.15) is 0 Å². The number of carbonyl (C=O) groups is 2. The van der Waals surface area contributed by atoms with Crippen molar-refractivity contribution >= 4 is 11.8 Å². The van der Waals surface area contributed by atoms with E-state index in [9.17, 15) is 9.59 Å². The van der Waals surface area contributed by atoms with Crippen LogP contribution in [0.1, 0.15) is 13.8 Å². The molecule has 2 heterocycles. The summed E-state index contributed by atoms with van der Waals surface area (Å²) in [5.41, 5.74) is 0. The lowest BCUT2D eigenvalue weighted by Gasteiger charge is -2.16. The monoisotopic (exact) mass is 343 g/mol. The zero-order valence-corrected chi connectivity index (χ0v) is 14.4. The average molecular weight is 343 g/mol. The predicted octanol–water partition coefficient (Wildman–Crippen LogP) is -2.48. The molecule has 2 aliphatic rings. The van der Waals surface area contributed by atoms with Gasteiger partial charge in [-0.05, 0) is 13.8 Å². The number of fused-ring (bicyclic) bond motifs is 1. The zero-order chi connectivity index (χ0) is 17.4. The Morgan fingerprint density at radius 2 is 1.04 bits per heavy atom. The first-order valence-electron chi connectivity index (χ1n) is 8.53. The topological polar surface area (TPSA) is 113 Å². The molecule has 2 atom stereocenters. The Hall–Kier alpha value is -1.26. The number of carbonyl (C=O) groups excluding carboxylic acids is 2. The highest BCUT2D eigenvalue weighted by molar-refractivity contribution is 5.91. The molecule has 0 spiro atoms. The summed E-state index contributed by atoms with van der Waals surface area (Å²) in [6.07, 6.45) is -1.88. The summed E-state index contributed by atoms with van der Waals surface area (Å²) >= 11 is 0. The van der Waals surface area contributed by atoms with Gasteiger partial charge in [-0.15, -0.1) is 0 Å². The van der Waals surface area contributed by atoms with Gasteiger partial charge < -0.3 is 36.1 Å². The van der Waals surface area contributed by atoms with E-state index in [1.54, 1.807) is 13.8 Å². The van der Waals surface area contributed by atoms with Gasteiger partial charge in [-0.2, -0.15) is 0 Å². The summed E-state index contributed by atoms with van der Waals surface area (Å²) in [6, 6.07) is 0. The molecule has 2 saturated heterocycles. The first kappa shape index (κ1) is 19.1. The van der Waals surface area contributed by atoms with Gasteiger partial charge in [0.05, 0.1) is 0 Å². The van der Waals surface area contributed by atoms with Gasteiger partial charge in [0.25, 0.3) is 11.8 Å². The molecule has 0 aromatic carbocycles. The molecule has 24 heavy (non-hydrogen) atoms. The summed E-state index contributed by atoms with van der Waals surface area (Å²) in [6.45, 7) is 9.02. The fourth-order valence-electron chi connectivity index (χ4n) is 2.62. The van der Waals surface area contributed by atoms with E-state index in [0.29, 0.717) is 26.2 Å². The zero-order valence-electron chi connectivity index (χ0n) is 14.4. The van der Waals surface area contributed by atoms with Gasteiger partial charge in [0.2, 0.25) is 0 Å². The SMILES string of the molecule is CC1(C)O[C@H]2C(=O)NCCNCCNCCNCCNC(=O)[C@@H]2O1. The molecule has 138 valence electrons. The van der Waals surface area contributed by atoms with E-state index in [0.717, 1.165) is 26.2 Å². The molecule has 0 aromatic heterocycles. The Bertz CT molecular complexity index is 396. The molecule has 2 rings (SSSR count). The van der Waals surface area contributed by atoms with Crippen LogP contribution in [0.15, 0.2) is 0 Å². The third kappa shape index (κ3) is 5.99. The fraction of sp³-hybridized carbons (Fsp3) is 0.867. The van der Waals surface area contributed by atoms with Crippen molar-refractivity contribution in [3.63, 3.8) is 0 Å². The third-order valence-electron chi connectivity index (χ3n) is 3.77. The number of amides is 2. The van der Waals surface area contributed by atoms with Crippen LogP contribution in [0.4, 0.5) is 0 Å². The summed E-state index contributed by atoms with van der Waals surface area (Å²) < 4.78 is 11.2. The van der Waals surface area contributed by atoms with Gasteiger partial charge in [0.15, 0.2) is 18.0 Å². The summed E-state index contributed by atoms with van der Waals surface area (Å²) in [7, 11) is 0. The Labute approximate surface area is 142 Å². The van der Waals surface area contributed by atoms with Crippen LogP contribution in [0.5, 0.6) is 0 Å². The lowest BCUT2D eigenvalue weighted by atomic mass is 10.1. The minimum Gasteiger partial charge on any atom is -0.352 e. The molecule has 5 N–H and O–H groups in total. The second-order valence-electron chi connectivity index (χ2n) is 6.31. The number of hydrogen-bond acceptors (Lipinski definition) is 7. The van der Waals surface area contributed by atoms with Gasteiger partial charge in [-0.1, -0.05) is 0 Å². The van der Waals surface area contributed by atoms with E-state index < -0.39 is 18.0 Å². The van der Waals surface area contributed by atoms with Crippen molar-refractivity contribution in [2.75, 3.05) is 52.4 Å². The van der Waals surface area contributed by atoms with Gasteiger partial charge in [0, 0.05) is 52.4 Å². The second-order valence-corrected chi connectivity index (χ2v) is 6.31. The highest BCUT2D eigenvalue weighted by Gasteiger charge is 2.48. The quantitative estimate of drug-likeness (QED) is 0.331. The van der Waals surface area contributed by atoms with Crippen LogP contribution < -0.4 is 26.6 Å². The van der Waals surface area contributed by atoms with Crippen molar-refractivity contribution in [1.82, 2.24) is 26.6 Å². The molecule has 0 radical (unpaired) electrons. The molecule has 2 fully saturated rings. The molecule has 0 unspecified atom stereocenters. The van der Waals surface area contributed by atoms with E-state index >= 15 is 0 Å². The summed E-state index contributed by atoms with van der Waals surface area (Å²) in [5.74, 6) is -1.63. The van der Waals surface area contributed by atoms with E-state index in [2.05, 4.69) is 26.6 Å². The van der Waals surface area contributed by atoms with Crippen LogP contribution in [0.2, 0.25) is 0 Å². The van der Waals surface area contributed by atoms with E-state index in [4.69, 9.17) is 9.47 Å². The molecule has 9 nitrogen and oxygen atoms in total. The number of rotatable bonds is 0. The normalized spacial score (nSPS) is 30.8. The van der Waals surface area contributed by atoms with Gasteiger partial charge >= 0.3 is 0 Å². The van der Waals surface area contributed by atoms with Crippen LogP contribution in [-0.2, 0) is 19.1 Å². The largest absolute Gasteiger partial charge is 0.352 e. The molecule has 0 saturated carbocycles. The van der Waals surface area contributed by atoms with Gasteiger partial charge in [-0.25, -0.2) is 0 Å². The maximum absolute atomic E-state index is 12.3. The molecule has 2 aliphatic heterocycles. The third-order valence-corrected chi connectivity index (χ3v) is 3.77. The Morgan fingerprint density at radius 1 is 0.708 bits per heavy atom. The van der Waals surface area contributed by atoms with Crippen LogP contribution in [-0.4, -0.2) is 82.2 Å². The van der Waals surface area contributed by atoms with Crippen molar-refractivity contribution in [2.24, 2.45) is 0 Å². The van der Waals surface area contributed by atoms with Crippen molar-refractivity contribution in [3.8, 4) is 0 Å². The molecule has 2 amide bonds. The van der Waals surface area contributed by atoms with Crippen molar-refractivity contribution in [1.29, 1.82) is 0 Å². The first-order chi connectivity index (χ1) is 11.5. The maximum atomic E-state index is 12.3. The van der Waals surface area contributed by atoms with E-state index in [1.165, 1.54) is 0 Å². The first-order valence-corrected chi connectivity index (χ1v) is 8.53. The average Bonchev–Trinajstić information content (AvgIpc) is 2.86. The Morgan fingerprint density at radius 3 is 1.42 bits per heavy atom. The molecular weight excluding hydrogens is 314 g/mol. The summed E-state index contributed by atoms with van der Waals surface area (Å²) in [5, 5.41) is 15.3. The fourth-order valence-corrected chi connectivity index (χ4v) is 2.62. The Kier molecular flexibility index (Phi) is 7.38. The molecule has 9 heteroatoms. The smallest absolute Gasteiger partial charge is 0.252 e. The van der Waals surface area contributed by atoms with E-state index in [1.807, 2.05) is 0 Å². The standard InChI is InChI=1S/C15H29N5O4/c1-15(2)23-11-12(24-15)14(22)20-10-8-18-6-4-16-3-5-17-7-9-19-13(11)21/h11-12,16-18H,3-10H2,1-2H3,(H,19,21)(H,20,22)/t11-,12-/m1/s1. The predicted molar refractivity (Wildman–Crippen MR) is 88.5 cm³/mol. The van der Waals surface area contributed by atoms with Crippen LogP contribution in [0.3, 0.4) is 0 Å². The van der Waals surface area contributed by atoms with Crippen molar-refractivity contribution in [2.45, 2.75) is 31.8 Å². The van der Waals surface area contributed by atoms with E-state index in [-0.39, 0.29) is 11.8 Å². The van der Waals surface area contributed by atoms with Crippen molar-refractivity contribution in [3.05, 3.63) is 0 Å². The molecule has 0 bridgehead atoms. The summed E-state index contributed by atoms with van der Waals surface area (Å²) in [4.78, 5) is 24.7. The highest BCUT2D eigenvalue weighted by atomic mass is 16.8. The minimum absolute atomic E-state index is 0.330. The lowest BCUT2D eigenvalue weighted by molar-refractivity contribution is -0.159. The van der Waals surface area contributed by atoms with Crippen LogP contribution >= 0.6 is 0 Å². The van der Waals surface area contributed by atoms with Crippen molar-refractivity contribution < 1.29 is 19.1 Å². The van der Waals surface area contributed by atoms with Crippen LogP contribution in [0.25, 0.3) is 0 Å². The second kappa shape index (κ2) is 9.28. The molecular formula is C15H29N5O4. The molecule has 0 aliphatic carbocycles. The minimum atomic E-state index is -0.965. The highest BCUT2D eigenvalue weighted by Crippen LogP contribution is 2.28. The number of nitrogens with one attached hydrogen (secondary N) is 5. The van der Waals surface area contributed by atoms with Gasteiger partial charge in [-0.3, -0.25) is 9.59 Å². The van der Waals surface area contributed by atoms with Crippen LogP contribution in [0, 0.1) is 0 Å². The maximum Gasteiger partial charge on any atom is 0.252 e. The Balaban J connectivity index is 1.95. The number of ether oxygens (including phenoxy) is 2. The molecule has 0 aromatic rings. The number of hydrogen-bond donors (Lipinski definition) is 5.